The Morgan fingerprint density at radius 1 is 1.24 bits per heavy atom. The van der Waals surface area contributed by atoms with Gasteiger partial charge in [0, 0.05) is 12.3 Å². The fourth-order valence-corrected chi connectivity index (χ4v) is 4.06. The number of ketones is 1. The van der Waals surface area contributed by atoms with Crippen LogP contribution in [-0.2, 0) is 4.79 Å². The summed E-state index contributed by atoms with van der Waals surface area (Å²) in [5.74, 6) is 0.668. The van der Waals surface area contributed by atoms with Gasteiger partial charge in [0.1, 0.15) is 5.69 Å². The molecule has 1 aliphatic carbocycles. The Morgan fingerprint density at radius 3 is 2.83 bits per heavy atom. The molecule has 1 aliphatic heterocycles. The first-order valence-corrected chi connectivity index (χ1v) is 10.3. The van der Waals surface area contributed by atoms with Crippen molar-refractivity contribution in [2.24, 2.45) is 10.7 Å². The third-order valence-electron chi connectivity index (χ3n) is 5.91. The van der Waals surface area contributed by atoms with Crippen molar-refractivity contribution < 1.29 is 9.28 Å². The second-order valence-electron chi connectivity index (χ2n) is 8.29. The van der Waals surface area contributed by atoms with Gasteiger partial charge < -0.3 is 15.5 Å². The van der Waals surface area contributed by atoms with Crippen molar-refractivity contribution in [3.05, 3.63) is 47.8 Å². The van der Waals surface area contributed by atoms with Gasteiger partial charge in [-0.1, -0.05) is 6.07 Å². The van der Waals surface area contributed by atoms with Gasteiger partial charge in [0.2, 0.25) is 0 Å². The number of quaternary nitrogens is 1. The number of hydrogen-bond acceptors (Lipinski definition) is 5. The minimum Gasteiger partial charge on any atom is -0.397 e. The van der Waals surface area contributed by atoms with Crippen molar-refractivity contribution in [1.82, 2.24) is 9.61 Å². The number of aromatic nitrogens is 2. The average molecular weight is 394 g/mol. The van der Waals surface area contributed by atoms with E-state index in [1.807, 2.05) is 28.9 Å². The Hall–Kier alpha value is -2.93. The molecule has 7 heteroatoms. The number of piperidine rings is 1. The first-order chi connectivity index (χ1) is 14.0. The van der Waals surface area contributed by atoms with Gasteiger partial charge in [-0.2, -0.15) is 0 Å². The maximum Gasteiger partial charge on any atom is 0.183 e. The topological polar surface area (TPSA) is 84.8 Å². The predicted octanol–water partition coefficient (Wildman–Crippen LogP) is 2.82. The summed E-state index contributed by atoms with van der Waals surface area (Å²) >= 11 is 0. The second-order valence-corrected chi connectivity index (χ2v) is 8.29. The van der Waals surface area contributed by atoms with Crippen LogP contribution in [0.2, 0.25) is 0 Å². The van der Waals surface area contributed by atoms with E-state index in [1.165, 1.54) is 38.4 Å². The molecule has 0 amide bonds. The van der Waals surface area contributed by atoms with E-state index in [0.717, 1.165) is 34.6 Å². The number of nitrogens with zero attached hydrogens (tertiary/aromatic N) is 4. The van der Waals surface area contributed by atoms with E-state index >= 15 is 0 Å². The largest absolute Gasteiger partial charge is 0.397 e. The van der Waals surface area contributed by atoms with Crippen LogP contribution in [0.25, 0.3) is 5.52 Å². The van der Waals surface area contributed by atoms with Gasteiger partial charge in [0.15, 0.2) is 11.6 Å². The molecule has 2 aromatic heterocycles. The first kappa shape index (κ1) is 19.4. The molecule has 3 N–H and O–H groups in total. The number of carbonyl (C=O) groups excluding carboxylic acids is 1. The number of pyridine rings is 1. The Labute approximate surface area is 171 Å². The molecule has 0 aromatic carbocycles. The van der Waals surface area contributed by atoms with Gasteiger partial charge in [0.25, 0.3) is 0 Å². The standard InChI is InChI=1S/C22H28N6O/c1-16-14-18(17(23)15-20(16)29)25-21-19-8-4-5-10-27(19)26-22(21)24-9-13-28(2)11-6-3-7-12-28/h4-5,8,10,14-15H,3,6-7,9,11-13H2,1-2H3,(H2-,23,24,26,29)/p+1. The number of aliphatic imine (C=N–C) groups is 1. The van der Waals surface area contributed by atoms with Crippen molar-refractivity contribution in [3.8, 4) is 0 Å². The van der Waals surface area contributed by atoms with Crippen LogP contribution in [0, 0.1) is 0 Å². The van der Waals surface area contributed by atoms with Crippen LogP contribution in [0.1, 0.15) is 26.2 Å². The van der Waals surface area contributed by atoms with Gasteiger partial charge in [-0.05, 0) is 50.0 Å². The van der Waals surface area contributed by atoms with Crippen LogP contribution in [-0.4, -0.2) is 58.8 Å². The number of anilines is 1. The van der Waals surface area contributed by atoms with Crippen molar-refractivity contribution in [2.75, 3.05) is 38.5 Å². The summed E-state index contributed by atoms with van der Waals surface area (Å²) in [5.41, 5.74) is 9.33. The van der Waals surface area contributed by atoms with Crippen LogP contribution in [0.4, 0.5) is 11.5 Å². The average Bonchev–Trinajstić information content (AvgIpc) is 3.04. The zero-order chi connectivity index (χ0) is 20.4. The molecule has 1 saturated heterocycles. The highest BCUT2D eigenvalue weighted by Gasteiger charge is 2.24. The van der Waals surface area contributed by atoms with Crippen molar-refractivity contribution in [3.63, 3.8) is 0 Å². The van der Waals surface area contributed by atoms with Crippen LogP contribution >= 0.6 is 0 Å². The minimum absolute atomic E-state index is 0.0712. The number of allylic oxidation sites excluding steroid dienone is 3. The normalized spacial score (nSPS) is 20.6. The quantitative estimate of drug-likeness (QED) is 0.604. The molecule has 0 bridgehead atoms. The molecule has 3 heterocycles. The third kappa shape index (κ3) is 4.10. The number of likely N-dealkylation sites (tertiary alicyclic amines) is 1. The van der Waals surface area contributed by atoms with Gasteiger partial charge >= 0.3 is 0 Å². The SMILES string of the molecule is CC1=CC(=Nc2c(NCC[N+]3(C)CCCCC3)nn3ccccc23)C(N)=CC1=O. The molecule has 0 spiro atoms. The lowest BCUT2D eigenvalue weighted by molar-refractivity contribution is -0.912. The lowest BCUT2D eigenvalue weighted by atomic mass is 10.0. The van der Waals surface area contributed by atoms with Crippen molar-refractivity contribution >= 4 is 28.5 Å². The summed E-state index contributed by atoms with van der Waals surface area (Å²) in [6.45, 7) is 6.14. The molecule has 152 valence electrons. The smallest absolute Gasteiger partial charge is 0.183 e. The predicted molar refractivity (Wildman–Crippen MR) is 116 cm³/mol. The fraction of sp³-hybridized carbons (Fsp3) is 0.409. The van der Waals surface area contributed by atoms with Crippen LogP contribution in [0.3, 0.4) is 0 Å². The molecule has 0 radical (unpaired) electrons. The van der Waals surface area contributed by atoms with Crippen LogP contribution < -0.4 is 11.1 Å². The number of rotatable bonds is 5. The van der Waals surface area contributed by atoms with Gasteiger partial charge in [-0.25, -0.2) is 9.51 Å². The van der Waals surface area contributed by atoms with E-state index in [9.17, 15) is 4.79 Å². The minimum atomic E-state index is -0.0712. The van der Waals surface area contributed by atoms with Gasteiger partial charge in [-0.3, -0.25) is 4.79 Å². The highest BCUT2D eigenvalue weighted by Crippen LogP contribution is 2.31. The molecule has 0 saturated carbocycles. The summed E-state index contributed by atoms with van der Waals surface area (Å²) in [5, 5.41) is 8.18. The molecule has 2 aliphatic rings. The molecule has 0 atom stereocenters. The van der Waals surface area contributed by atoms with E-state index in [1.54, 1.807) is 13.0 Å². The monoisotopic (exact) mass is 393 g/mol. The van der Waals surface area contributed by atoms with E-state index in [4.69, 9.17) is 10.7 Å². The summed E-state index contributed by atoms with van der Waals surface area (Å²) in [7, 11) is 2.34. The molecule has 0 unspecified atom stereocenters. The Bertz CT molecular complexity index is 1020. The number of nitrogens with one attached hydrogen (secondary N) is 1. The second kappa shape index (κ2) is 7.83. The fourth-order valence-electron chi connectivity index (χ4n) is 4.06. The summed E-state index contributed by atoms with van der Waals surface area (Å²) in [6, 6.07) is 5.90. The van der Waals surface area contributed by atoms with E-state index in [2.05, 4.69) is 17.5 Å². The molecule has 1 fully saturated rings. The Balaban J connectivity index is 1.62. The van der Waals surface area contributed by atoms with E-state index in [-0.39, 0.29) is 5.78 Å². The summed E-state index contributed by atoms with van der Waals surface area (Å²) < 4.78 is 2.92. The van der Waals surface area contributed by atoms with Crippen molar-refractivity contribution in [1.29, 1.82) is 0 Å². The lowest BCUT2D eigenvalue weighted by Gasteiger charge is -2.37. The van der Waals surface area contributed by atoms with E-state index < -0.39 is 0 Å². The molecular weight excluding hydrogens is 364 g/mol. The zero-order valence-electron chi connectivity index (χ0n) is 17.2. The third-order valence-corrected chi connectivity index (χ3v) is 5.91. The van der Waals surface area contributed by atoms with E-state index in [0.29, 0.717) is 17.0 Å². The van der Waals surface area contributed by atoms with Crippen LogP contribution in [0.5, 0.6) is 0 Å². The highest BCUT2D eigenvalue weighted by atomic mass is 16.1. The number of carbonyl (C=O) groups is 1. The number of likely N-dealkylation sites (N-methyl/N-ethyl adjacent to an activating group) is 1. The zero-order valence-corrected chi connectivity index (χ0v) is 17.2. The molecule has 4 rings (SSSR count). The maximum atomic E-state index is 11.8. The number of nitrogens with two attached hydrogens (primary N) is 1. The van der Waals surface area contributed by atoms with Crippen molar-refractivity contribution in [2.45, 2.75) is 26.2 Å². The molecule has 29 heavy (non-hydrogen) atoms. The molecule has 2 aromatic rings. The summed E-state index contributed by atoms with van der Waals surface area (Å²) in [6.07, 6.45) is 9.05. The molecular formula is C22H29N6O+. The summed E-state index contributed by atoms with van der Waals surface area (Å²) in [4.78, 5) is 16.6. The molecule has 7 nitrogen and oxygen atoms in total. The Kier molecular flexibility index (Phi) is 5.24. The Morgan fingerprint density at radius 2 is 2.03 bits per heavy atom. The van der Waals surface area contributed by atoms with Crippen LogP contribution in [0.15, 0.2) is 52.8 Å². The highest BCUT2D eigenvalue weighted by molar-refractivity contribution is 6.22. The first-order valence-electron chi connectivity index (χ1n) is 10.3. The number of fused-ring (bicyclic) bond motifs is 1. The lowest BCUT2D eigenvalue weighted by Crippen LogP contribution is -2.50. The van der Waals surface area contributed by atoms with Gasteiger partial charge in [0.05, 0.1) is 50.2 Å². The number of hydrogen-bond donors (Lipinski definition) is 2. The van der Waals surface area contributed by atoms with Gasteiger partial charge in [-0.15, -0.1) is 5.10 Å². The maximum absolute atomic E-state index is 11.8.